The fourth-order valence-electron chi connectivity index (χ4n) is 2.33. The number of phenols is 1. The molecule has 0 bridgehead atoms. The van der Waals surface area contributed by atoms with Gasteiger partial charge < -0.3 is 15.2 Å². The topological polar surface area (TPSA) is 102 Å². The van der Waals surface area contributed by atoms with Gasteiger partial charge in [0.15, 0.2) is 0 Å². The molecule has 0 saturated heterocycles. The summed E-state index contributed by atoms with van der Waals surface area (Å²) >= 11 is 0. The normalized spacial score (nSPS) is 11.1. The summed E-state index contributed by atoms with van der Waals surface area (Å²) in [5.41, 5.74) is 3.69. The first-order valence-electron chi connectivity index (χ1n) is 6.09. The Morgan fingerprint density at radius 1 is 1.30 bits per heavy atom. The smallest absolute Gasteiger partial charge is 0.353 e. The Balaban J connectivity index is 2.23. The summed E-state index contributed by atoms with van der Waals surface area (Å²) in [6, 6.07) is 4.96. The molecule has 0 unspecified atom stereocenters. The van der Waals surface area contributed by atoms with E-state index >= 15 is 0 Å². The van der Waals surface area contributed by atoms with Gasteiger partial charge >= 0.3 is 5.97 Å². The van der Waals surface area contributed by atoms with Crippen molar-refractivity contribution in [2.75, 3.05) is 0 Å². The number of carboxylic acids is 1. The lowest BCUT2D eigenvalue weighted by atomic mass is 10.0. The first-order valence-corrected chi connectivity index (χ1v) is 6.09. The molecule has 0 saturated carbocycles. The second-order valence-corrected chi connectivity index (χ2v) is 4.73. The van der Waals surface area contributed by atoms with Gasteiger partial charge in [-0.25, -0.2) is 4.79 Å². The van der Waals surface area contributed by atoms with E-state index < -0.39 is 5.97 Å². The zero-order valence-electron chi connectivity index (χ0n) is 11.0. The van der Waals surface area contributed by atoms with Gasteiger partial charge in [0, 0.05) is 22.2 Å². The standard InChI is InChI=1S/C14H13N3O3/c1-6-7(2)15-9-4-3-8(13(18)12(6)9)10-5-11(14(19)20)17-16-10/h3-5,15,18H,1-2H3,(H,16,17)(H,19,20). The summed E-state index contributed by atoms with van der Waals surface area (Å²) in [7, 11) is 0. The van der Waals surface area contributed by atoms with E-state index in [1.54, 1.807) is 6.07 Å². The maximum atomic E-state index is 10.9. The summed E-state index contributed by atoms with van der Waals surface area (Å²) in [6.07, 6.45) is 0. The Morgan fingerprint density at radius 2 is 2.05 bits per heavy atom. The van der Waals surface area contributed by atoms with E-state index in [0.29, 0.717) is 11.3 Å². The van der Waals surface area contributed by atoms with Crippen molar-refractivity contribution in [3.8, 4) is 17.0 Å². The molecule has 0 radical (unpaired) electrons. The summed E-state index contributed by atoms with van der Waals surface area (Å²) in [5.74, 6) is -0.981. The third kappa shape index (κ3) is 1.65. The molecule has 0 spiro atoms. The number of nitrogens with zero attached hydrogens (tertiary/aromatic N) is 1. The van der Waals surface area contributed by atoms with Crippen molar-refractivity contribution in [2.45, 2.75) is 13.8 Å². The lowest BCUT2D eigenvalue weighted by Gasteiger charge is -2.03. The molecule has 0 aliphatic carbocycles. The first kappa shape index (κ1) is 12.3. The molecule has 102 valence electrons. The SMILES string of the molecule is Cc1[nH]c2ccc(-c3cc(C(=O)O)[nH]n3)c(O)c2c1C. The van der Waals surface area contributed by atoms with Crippen molar-refractivity contribution in [3.05, 3.63) is 35.2 Å². The molecule has 0 atom stereocenters. The van der Waals surface area contributed by atoms with Gasteiger partial charge in [-0.15, -0.1) is 0 Å². The second kappa shape index (κ2) is 4.12. The maximum absolute atomic E-state index is 10.9. The molecule has 0 amide bonds. The number of H-pyrrole nitrogens is 2. The fourth-order valence-corrected chi connectivity index (χ4v) is 2.33. The summed E-state index contributed by atoms with van der Waals surface area (Å²) < 4.78 is 0. The number of phenolic OH excluding ortho intramolecular Hbond substituents is 1. The largest absolute Gasteiger partial charge is 0.507 e. The molecular weight excluding hydrogens is 258 g/mol. The van der Waals surface area contributed by atoms with Crippen LogP contribution in [-0.4, -0.2) is 31.4 Å². The quantitative estimate of drug-likeness (QED) is 0.575. The van der Waals surface area contributed by atoms with Crippen LogP contribution in [0.25, 0.3) is 22.2 Å². The number of aryl methyl sites for hydroxylation is 2. The number of aromatic carboxylic acids is 1. The number of aromatic nitrogens is 3. The average molecular weight is 271 g/mol. The van der Waals surface area contributed by atoms with Crippen molar-refractivity contribution in [1.82, 2.24) is 15.2 Å². The van der Waals surface area contributed by atoms with Crippen LogP contribution in [0, 0.1) is 13.8 Å². The molecule has 2 heterocycles. The lowest BCUT2D eigenvalue weighted by molar-refractivity contribution is 0.0690. The van der Waals surface area contributed by atoms with E-state index in [0.717, 1.165) is 22.2 Å². The Labute approximate surface area is 114 Å². The monoisotopic (exact) mass is 271 g/mol. The first-order chi connectivity index (χ1) is 9.49. The number of carboxylic acid groups (broad SMARTS) is 1. The zero-order chi connectivity index (χ0) is 14.4. The number of carbonyl (C=O) groups is 1. The van der Waals surface area contributed by atoms with Crippen LogP contribution < -0.4 is 0 Å². The van der Waals surface area contributed by atoms with E-state index in [-0.39, 0.29) is 11.4 Å². The van der Waals surface area contributed by atoms with Crippen molar-refractivity contribution in [1.29, 1.82) is 0 Å². The molecular formula is C14H13N3O3. The fraction of sp³-hybridized carbons (Fsp3) is 0.143. The molecule has 6 heteroatoms. The van der Waals surface area contributed by atoms with E-state index in [1.807, 2.05) is 19.9 Å². The van der Waals surface area contributed by atoms with E-state index in [2.05, 4.69) is 15.2 Å². The number of nitrogens with one attached hydrogen (secondary N) is 2. The highest BCUT2D eigenvalue weighted by atomic mass is 16.4. The van der Waals surface area contributed by atoms with Gasteiger partial charge in [0.05, 0.1) is 5.69 Å². The van der Waals surface area contributed by atoms with Crippen LogP contribution in [0.4, 0.5) is 0 Å². The van der Waals surface area contributed by atoms with Gasteiger partial charge in [-0.2, -0.15) is 5.10 Å². The minimum Gasteiger partial charge on any atom is -0.507 e. The molecule has 4 N–H and O–H groups in total. The minimum absolute atomic E-state index is 0.0125. The molecule has 1 aromatic carbocycles. The molecule has 3 aromatic rings. The maximum Gasteiger partial charge on any atom is 0.353 e. The van der Waals surface area contributed by atoms with Crippen LogP contribution in [0.2, 0.25) is 0 Å². The average Bonchev–Trinajstić information content (AvgIpc) is 2.97. The van der Waals surface area contributed by atoms with Crippen molar-refractivity contribution in [2.24, 2.45) is 0 Å². The third-order valence-electron chi connectivity index (χ3n) is 3.52. The summed E-state index contributed by atoms with van der Waals surface area (Å²) in [5, 5.41) is 26.4. The van der Waals surface area contributed by atoms with Gasteiger partial charge in [-0.1, -0.05) is 0 Å². The number of hydrogen-bond donors (Lipinski definition) is 4. The van der Waals surface area contributed by atoms with Crippen LogP contribution in [0.15, 0.2) is 18.2 Å². The number of aromatic hydroxyl groups is 1. The predicted octanol–water partition coefficient (Wildman–Crippen LogP) is 2.58. The summed E-state index contributed by atoms with van der Waals surface area (Å²) in [6.45, 7) is 3.86. The Bertz CT molecular complexity index is 830. The number of hydrogen-bond acceptors (Lipinski definition) is 3. The highest BCUT2D eigenvalue weighted by Crippen LogP contribution is 2.37. The molecule has 2 aromatic heterocycles. The molecule has 0 aliphatic heterocycles. The Hall–Kier alpha value is -2.76. The summed E-state index contributed by atoms with van der Waals surface area (Å²) in [4.78, 5) is 14.0. The minimum atomic E-state index is -1.09. The van der Waals surface area contributed by atoms with Crippen molar-refractivity contribution < 1.29 is 15.0 Å². The van der Waals surface area contributed by atoms with Gasteiger partial charge in [0.25, 0.3) is 0 Å². The van der Waals surface area contributed by atoms with Gasteiger partial charge in [-0.05, 0) is 37.6 Å². The zero-order valence-corrected chi connectivity index (χ0v) is 11.0. The second-order valence-electron chi connectivity index (χ2n) is 4.73. The number of benzene rings is 1. The van der Waals surface area contributed by atoms with Crippen LogP contribution in [0.3, 0.4) is 0 Å². The third-order valence-corrected chi connectivity index (χ3v) is 3.52. The lowest BCUT2D eigenvalue weighted by Crippen LogP contribution is -1.95. The van der Waals surface area contributed by atoms with E-state index in [9.17, 15) is 9.90 Å². The van der Waals surface area contributed by atoms with Crippen LogP contribution in [0.1, 0.15) is 21.7 Å². The molecule has 20 heavy (non-hydrogen) atoms. The molecule has 6 nitrogen and oxygen atoms in total. The molecule has 0 fully saturated rings. The highest BCUT2D eigenvalue weighted by Gasteiger charge is 2.16. The van der Waals surface area contributed by atoms with E-state index in [4.69, 9.17) is 5.11 Å². The number of aromatic amines is 2. The van der Waals surface area contributed by atoms with Gasteiger partial charge in [0.1, 0.15) is 11.4 Å². The van der Waals surface area contributed by atoms with Crippen LogP contribution in [-0.2, 0) is 0 Å². The van der Waals surface area contributed by atoms with Crippen LogP contribution in [0.5, 0.6) is 5.75 Å². The Morgan fingerprint density at radius 3 is 2.70 bits per heavy atom. The van der Waals surface area contributed by atoms with Gasteiger partial charge in [0.2, 0.25) is 0 Å². The predicted molar refractivity (Wildman–Crippen MR) is 74.0 cm³/mol. The van der Waals surface area contributed by atoms with E-state index in [1.165, 1.54) is 6.07 Å². The molecule has 0 aliphatic rings. The number of fused-ring (bicyclic) bond motifs is 1. The van der Waals surface area contributed by atoms with Crippen molar-refractivity contribution in [3.63, 3.8) is 0 Å². The van der Waals surface area contributed by atoms with Crippen molar-refractivity contribution >= 4 is 16.9 Å². The van der Waals surface area contributed by atoms with Crippen LogP contribution >= 0.6 is 0 Å². The highest BCUT2D eigenvalue weighted by molar-refractivity contribution is 5.96. The van der Waals surface area contributed by atoms with Gasteiger partial charge in [-0.3, -0.25) is 5.10 Å². The Kier molecular flexibility index (Phi) is 2.53. The number of rotatable bonds is 2. The molecule has 3 rings (SSSR count).